The van der Waals surface area contributed by atoms with Crippen LogP contribution < -0.4 is 0 Å². The van der Waals surface area contributed by atoms with Gasteiger partial charge in [-0.2, -0.15) is 0 Å². The Kier molecular flexibility index (Phi) is 8.61. The van der Waals surface area contributed by atoms with Gasteiger partial charge in [0.25, 0.3) is 0 Å². The number of fused-ring (bicyclic) bond motifs is 1. The zero-order valence-corrected chi connectivity index (χ0v) is 24.9. The number of halogens is 2. The van der Waals surface area contributed by atoms with Crippen LogP contribution in [0.1, 0.15) is 91.6 Å². The van der Waals surface area contributed by atoms with Crippen LogP contribution in [0.15, 0.2) is 66.2 Å². The Hall–Kier alpha value is -1.14. The van der Waals surface area contributed by atoms with Crippen molar-refractivity contribution in [1.29, 1.82) is 0 Å². The normalized spacial score (nSPS) is 15.1. The molecule has 1 unspecified atom stereocenters. The molecule has 3 aromatic rings. The molecule has 34 heavy (non-hydrogen) atoms. The van der Waals surface area contributed by atoms with Crippen LogP contribution in [0.25, 0.3) is 28.3 Å². The van der Waals surface area contributed by atoms with Gasteiger partial charge >= 0.3 is 223 Å². The van der Waals surface area contributed by atoms with Crippen molar-refractivity contribution in [2.75, 3.05) is 0 Å². The summed E-state index contributed by atoms with van der Waals surface area (Å²) in [4.78, 5) is 0. The summed E-state index contributed by atoms with van der Waals surface area (Å²) in [5.41, 5.74) is 12.1. The van der Waals surface area contributed by atoms with Crippen LogP contribution >= 0.6 is 17.0 Å². The Bertz CT molecular complexity index is 1150. The molecule has 3 aromatic carbocycles. The summed E-state index contributed by atoms with van der Waals surface area (Å²) in [6.45, 7) is 11.4. The van der Waals surface area contributed by atoms with Gasteiger partial charge in [0, 0.05) is 0 Å². The van der Waals surface area contributed by atoms with Gasteiger partial charge in [0.15, 0.2) is 0 Å². The summed E-state index contributed by atoms with van der Waals surface area (Å²) in [7, 11) is 13.6. The first-order chi connectivity index (χ1) is 16.3. The van der Waals surface area contributed by atoms with Gasteiger partial charge in [-0.3, -0.25) is 0 Å². The van der Waals surface area contributed by atoms with Crippen LogP contribution in [0.2, 0.25) is 0 Å². The number of allylic oxidation sites excluding steroid dienone is 1. The molecule has 1 aliphatic rings. The van der Waals surface area contributed by atoms with E-state index in [4.69, 9.17) is 17.0 Å². The van der Waals surface area contributed by atoms with Crippen molar-refractivity contribution < 1.29 is 19.4 Å². The third kappa shape index (κ3) is 5.33. The summed E-state index contributed by atoms with van der Waals surface area (Å²) in [5, 5.41) is 0. The molecular weight excluding hydrogens is 534 g/mol. The second kappa shape index (κ2) is 11.3. The molecule has 0 nitrogen and oxygen atoms in total. The van der Waals surface area contributed by atoms with Crippen LogP contribution in [0.4, 0.5) is 0 Å². The molecule has 0 spiro atoms. The third-order valence-corrected chi connectivity index (χ3v) is 12.3. The van der Waals surface area contributed by atoms with Gasteiger partial charge in [0.1, 0.15) is 0 Å². The van der Waals surface area contributed by atoms with Crippen molar-refractivity contribution in [3.8, 4) is 22.3 Å². The van der Waals surface area contributed by atoms with Crippen LogP contribution in [-0.2, 0) is 19.4 Å². The fourth-order valence-electron chi connectivity index (χ4n) is 5.02. The summed E-state index contributed by atoms with van der Waals surface area (Å²) in [6.07, 6.45) is 5.89. The van der Waals surface area contributed by atoms with Gasteiger partial charge in [-0.05, 0) is 0 Å². The van der Waals surface area contributed by atoms with Crippen molar-refractivity contribution in [3.05, 3.63) is 88.5 Å². The molecule has 0 amide bonds. The first-order valence-electron chi connectivity index (χ1n) is 12.6. The van der Waals surface area contributed by atoms with Crippen molar-refractivity contribution in [2.45, 2.75) is 69.3 Å². The Labute approximate surface area is 221 Å². The van der Waals surface area contributed by atoms with Crippen molar-refractivity contribution in [2.24, 2.45) is 0 Å². The molecule has 0 fully saturated rings. The molecule has 0 N–H and O–H groups in total. The molecule has 0 heterocycles. The fraction of sp³-hybridized carbons (Fsp3) is 0.355. The summed E-state index contributed by atoms with van der Waals surface area (Å²) < 4.78 is 0.258. The van der Waals surface area contributed by atoms with E-state index >= 15 is 0 Å². The predicted molar refractivity (Wildman–Crippen MR) is 147 cm³/mol. The van der Waals surface area contributed by atoms with Crippen LogP contribution in [0.3, 0.4) is 0 Å². The van der Waals surface area contributed by atoms with E-state index in [9.17, 15) is 0 Å². The van der Waals surface area contributed by atoms with Gasteiger partial charge < -0.3 is 0 Å². The minimum atomic E-state index is -2.56. The van der Waals surface area contributed by atoms with Gasteiger partial charge in [-0.15, -0.1) is 0 Å². The first-order valence-corrected chi connectivity index (χ1v) is 20.3. The van der Waals surface area contributed by atoms with E-state index < -0.39 is 19.4 Å². The molecule has 3 heteroatoms. The average molecular weight is 570 g/mol. The Balaban J connectivity index is 2.03. The molecular formula is C31H35Cl2Zr. The Morgan fingerprint density at radius 3 is 2.03 bits per heavy atom. The van der Waals surface area contributed by atoms with E-state index in [0.29, 0.717) is 11.8 Å². The quantitative estimate of drug-likeness (QED) is 0.253. The van der Waals surface area contributed by atoms with E-state index in [1.807, 2.05) is 0 Å². The standard InChI is InChI=1S/C31H35.2ClH.Zr/c1-6-7-11-23-16-25-14-15-29(24-12-9-8-10-13-24)31(30(25)17-23)28-19-26(21(2)3)18-27(20-28)22(4)5;;;/h8-10,12-22H,6-7,11H2,1-5H3;2*1H;/q;;;+2/p-2. The van der Waals surface area contributed by atoms with Crippen LogP contribution in [0, 0.1) is 0 Å². The number of benzene rings is 3. The molecule has 0 radical (unpaired) electrons. The molecule has 177 valence electrons. The summed E-state index contributed by atoms with van der Waals surface area (Å²) in [6, 6.07) is 22.6. The first kappa shape index (κ1) is 25.9. The number of rotatable bonds is 8. The maximum absolute atomic E-state index is 6.80. The molecule has 1 aliphatic carbocycles. The van der Waals surface area contributed by atoms with Crippen molar-refractivity contribution in [3.63, 3.8) is 0 Å². The molecule has 0 aromatic heterocycles. The van der Waals surface area contributed by atoms with E-state index in [2.05, 4.69) is 101 Å². The second-order valence-electron chi connectivity index (χ2n) is 10.1. The number of hydrogen-bond acceptors (Lipinski definition) is 0. The Morgan fingerprint density at radius 1 is 0.824 bits per heavy atom. The van der Waals surface area contributed by atoms with Gasteiger partial charge in [0.05, 0.1) is 0 Å². The van der Waals surface area contributed by atoms with Gasteiger partial charge in [-0.25, -0.2) is 0 Å². The molecule has 0 aliphatic heterocycles. The molecule has 4 rings (SSSR count). The monoisotopic (exact) mass is 567 g/mol. The SMILES string of the molecule is CCCCC1=Cc2c(ccc(-c3ccccc3)c2-c2cc(C(C)C)cc(C(C)C)c2)[CH]1[Zr]([Cl])[Cl]. The van der Waals surface area contributed by atoms with Crippen LogP contribution in [0.5, 0.6) is 0 Å². The van der Waals surface area contributed by atoms with Crippen molar-refractivity contribution in [1.82, 2.24) is 0 Å². The minimum absolute atomic E-state index is 0.258. The number of unbranched alkanes of at least 4 members (excludes halogenated alkanes) is 1. The van der Waals surface area contributed by atoms with E-state index in [1.165, 1.54) is 62.9 Å². The molecule has 1 atom stereocenters. The fourth-order valence-corrected chi connectivity index (χ4v) is 10.5. The zero-order chi connectivity index (χ0) is 24.4. The van der Waals surface area contributed by atoms with E-state index in [-0.39, 0.29) is 3.63 Å². The van der Waals surface area contributed by atoms with E-state index in [0.717, 1.165) is 6.42 Å². The topological polar surface area (TPSA) is 0 Å². The maximum atomic E-state index is 6.80. The third-order valence-electron chi connectivity index (χ3n) is 7.01. The summed E-state index contributed by atoms with van der Waals surface area (Å²) in [5.74, 6) is 0.951. The Morgan fingerprint density at radius 2 is 1.47 bits per heavy atom. The predicted octanol–water partition coefficient (Wildman–Crippen LogP) is 10.8. The van der Waals surface area contributed by atoms with E-state index in [1.54, 1.807) is 0 Å². The van der Waals surface area contributed by atoms with Gasteiger partial charge in [-0.1, -0.05) is 0 Å². The van der Waals surface area contributed by atoms with Gasteiger partial charge in [0.2, 0.25) is 0 Å². The second-order valence-corrected chi connectivity index (χ2v) is 18.9. The molecule has 0 saturated carbocycles. The van der Waals surface area contributed by atoms with Crippen LogP contribution in [-0.4, -0.2) is 0 Å². The van der Waals surface area contributed by atoms with Crippen molar-refractivity contribution >= 4 is 23.1 Å². The average Bonchev–Trinajstić information content (AvgIpc) is 3.20. The molecule has 0 saturated heterocycles. The number of hydrogen-bond donors (Lipinski definition) is 0. The zero-order valence-electron chi connectivity index (χ0n) is 21.0. The molecule has 0 bridgehead atoms. The summed E-state index contributed by atoms with van der Waals surface area (Å²) >= 11 is -2.56.